The molecule has 0 saturated heterocycles. The topological polar surface area (TPSA) is 72.5 Å². The van der Waals surface area contributed by atoms with E-state index in [-0.39, 0.29) is 24.5 Å². The molecule has 1 amide bonds. The molecule has 0 unspecified atom stereocenters. The van der Waals surface area contributed by atoms with Crippen LogP contribution in [0.5, 0.6) is 0 Å². The maximum absolute atomic E-state index is 11.8. The Morgan fingerprint density at radius 2 is 1.83 bits per heavy atom. The van der Waals surface area contributed by atoms with E-state index in [4.69, 9.17) is 0 Å². The van der Waals surface area contributed by atoms with Gasteiger partial charge in [0.15, 0.2) is 5.78 Å². The van der Waals surface area contributed by atoms with E-state index in [1.54, 1.807) is 30.3 Å². The van der Waals surface area contributed by atoms with Gasteiger partial charge in [-0.05, 0) is 29.1 Å². The zero-order chi connectivity index (χ0) is 16.7. The van der Waals surface area contributed by atoms with Crippen molar-refractivity contribution in [3.8, 4) is 0 Å². The number of ether oxygens (including phenoxy) is 1. The molecule has 0 aliphatic heterocycles. The van der Waals surface area contributed by atoms with Crippen LogP contribution in [0.4, 0.5) is 0 Å². The van der Waals surface area contributed by atoms with Crippen LogP contribution >= 0.6 is 11.3 Å². The van der Waals surface area contributed by atoms with E-state index < -0.39 is 5.97 Å². The molecule has 120 valence electrons. The molecule has 2 rings (SSSR count). The summed E-state index contributed by atoms with van der Waals surface area (Å²) in [5.74, 6) is -0.586. The molecule has 23 heavy (non-hydrogen) atoms. The van der Waals surface area contributed by atoms with Crippen LogP contribution in [0, 0.1) is 0 Å². The van der Waals surface area contributed by atoms with Crippen molar-refractivity contribution in [2.24, 2.45) is 0 Å². The van der Waals surface area contributed by atoms with Gasteiger partial charge in [-0.25, -0.2) is 4.79 Å². The predicted molar refractivity (Wildman–Crippen MR) is 87.5 cm³/mol. The Kier molecular flexibility index (Phi) is 6.05. The monoisotopic (exact) mass is 331 g/mol. The van der Waals surface area contributed by atoms with Gasteiger partial charge in [-0.1, -0.05) is 18.2 Å². The molecule has 0 atom stereocenters. The first kappa shape index (κ1) is 16.9. The number of methoxy groups -OCH3 is 1. The normalized spacial score (nSPS) is 10.1. The van der Waals surface area contributed by atoms with Crippen molar-refractivity contribution in [1.29, 1.82) is 0 Å². The third kappa shape index (κ3) is 5.03. The molecule has 0 bridgehead atoms. The number of hydrogen-bond donors (Lipinski definition) is 1. The Bertz CT molecular complexity index is 677. The van der Waals surface area contributed by atoms with Crippen LogP contribution in [0.1, 0.15) is 38.4 Å². The lowest BCUT2D eigenvalue weighted by Crippen LogP contribution is -2.23. The highest BCUT2D eigenvalue weighted by molar-refractivity contribution is 7.12. The summed E-state index contributed by atoms with van der Waals surface area (Å²) < 4.78 is 4.62. The van der Waals surface area contributed by atoms with Crippen LogP contribution in [0.25, 0.3) is 0 Å². The van der Waals surface area contributed by atoms with Crippen molar-refractivity contribution in [3.05, 3.63) is 57.8 Å². The molecule has 0 radical (unpaired) electrons. The lowest BCUT2D eigenvalue weighted by molar-refractivity contribution is -0.121. The molecular weight excluding hydrogens is 314 g/mol. The van der Waals surface area contributed by atoms with Crippen LogP contribution in [-0.2, 0) is 16.1 Å². The lowest BCUT2D eigenvalue weighted by Gasteiger charge is -2.06. The first-order valence-electron chi connectivity index (χ1n) is 7.11. The van der Waals surface area contributed by atoms with Gasteiger partial charge < -0.3 is 10.1 Å². The van der Waals surface area contributed by atoms with E-state index in [1.807, 2.05) is 11.4 Å². The maximum atomic E-state index is 11.8. The van der Waals surface area contributed by atoms with Gasteiger partial charge in [0.25, 0.3) is 0 Å². The van der Waals surface area contributed by atoms with Gasteiger partial charge in [0.1, 0.15) is 0 Å². The number of ketones is 1. The Balaban J connectivity index is 1.76. The fraction of sp³-hybridized carbons (Fsp3) is 0.235. The van der Waals surface area contributed by atoms with Crippen LogP contribution in [0.15, 0.2) is 41.8 Å². The molecular formula is C17H17NO4S. The number of nitrogens with one attached hydrogen (secondary N) is 1. The molecule has 1 N–H and O–H groups in total. The first-order chi connectivity index (χ1) is 11.1. The van der Waals surface area contributed by atoms with E-state index in [0.717, 1.165) is 5.56 Å². The summed E-state index contributed by atoms with van der Waals surface area (Å²) >= 11 is 1.38. The van der Waals surface area contributed by atoms with Gasteiger partial charge >= 0.3 is 5.97 Å². The number of rotatable bonds is 7. The van der Waals surface area contributed by atoms with Crippen molar-refractivity contribution in [2.45, 2.75) is 19.4 Å². The quantitative estimate of drug-likeness (QED) is 0.625. The number of benzene rings is 1. The highest BCUT2D eigenvalue weighted by Gasteiger charge is 2.10. The lowest BCUT2D eigenvalue weighted by atomic mass is 10.1. The summed E-state index contributed by atoms with van der Waals surface area (Å²) in [6, 6.07) is 10.4. The summed E-state index contributed by atoms with van der Waals surface area (Å²) in [5.41, 5.74) is 1.33. The minimum absolute atomic E-state index is 0.0161. The molecule has 1 aromatic heterocycles. The van der Waals surface area contributed by atoms with Crippen molar-refractivity contribution in [3.63, 3.8) is 0 Å². The second-order valence-corrected chi connectivity index (χ2v) is 5.81. The van der Waals surface area contributed by atoms with Gasteiger partial charge in [-0.2, -0.15) is 0 Å². The summed E-state index contributed by atoms with van der Waals surface area (Å²) in [7, 11) is 1.33. The van der Waals surface area contributed by atoms with Gasteiger partial charge in [0.05, 0.1) is 17.6 Å². The van der Waals surface area contributed by atoms with Crippen molar-refractivity contribution < 1.29 is 19.1 Å². The Morgan fingerprint density at radius 3 is 2.43 bits per heavy atom. The summed E-state index contributed by atoms with van der Waals surface area (Å²) in [6.45, 7) is 0.355. The number of carbonyl (C=O) groups is 3. The van der Waals surface area contributed by atoms with Crippen LogP contribution in [-0.4, -0.2) is 24.8 Å². The zero-order valence-corrected chi connectivity index (χ0v) is 13.5. The first-order valence-corrected chi connectivity index (χ1v) is 7.99. The van der Waals surface area contributed by atoms with E-state index in [2.05, 4.69) is 10.1 Å². The average Bonchev–Trinajstić information content (AvgIpc) is 3.12. The number of Topliss-reactive ketones (excluding diaryl/α,β-unsaturated/α-hetero) is 1. The van der Waals surface area contributed by atoms with Crippen LogP contribution < -0.4 is 5.32 Å². The number of thiophene rings is 1. The van der Waals surface area contributed by atoms with E-state index in [1.165, 1.54) is 18.4 Å². The predicted octanol–water partition coefficient (Wildman–Crippen LogP) is 2.81. The molecule has 1 aromatic carbocycles. The second kappa shape index (κ2) is 8.24. The molecule has 0 saturated carbocycles. The second-order valence-electron chi connectivity index (χ2n) is 4.87. The highest BCUT2D eigenvalue weighted by Crippen LogP contribution is 2.12. The maximum Gasteiger partial charge on any atom is 0.337 e. The fourth-order valence-corrected chi connectivity index (χ4v) is 2.65. The van der Waals surface area contributed by atoms with Crippen LogP contribution in [0.3, 0.4) is 0 Å². The minimum Gasteiger partial charge on any atom is -0.465 e. The summed E-state index contributed by atoms with van der Waals surface area (Å²) in [5, 5.41) is 4.60. The standard InChI is InChI=1S/C17H17NO4S/c1-22-17(21)13-6-4-12(5-7-13)11-18-16(20)9-8-14(19)15-3-2-10-23-15/h2-7,10H,8-9,11H2,1H3,(H,18,20). The number of hydrogen-bond acceptors (Lipinski definition) is 5. The van der Waals surface area contributed by atoms with E-state index >= 15 is 0 Å². The Labute approximate surface area is 138 Å². The minimum atomic E-state index is -0.396. The van der Waals surface area contributed by atoms with Gasteiger partial charge in [0, 0.05) is 19.4 Å². The Morgan fingerprint density at radius 1 is 1.09 bits per heavy atom. The number of amides is 1. The average molecular weight is 331 g/mol. The van der Waals surface area contributed by atoms with Crippen molar-refractivity contribution in [1.82, 2.24) is 5.32 Å². The SMILES string of the molecule is COC(=O)c1ccc(CNC(=O)CCC(=O)c2cccs2)cc1. The zero-order valence-electron chi connectivity index (χ0n) is 12.7. The van der Waals surface area contributed by atoms with Gasteiger partial charge in [-0.15, -0.1) is 11.3 Å². The van der Waals surface area contributed by atoms with Gasteiger partial charge in [-0.3, -0.25) is 9.59 Å². The van der Waals surface area contributed by atoms with Crippen LogP contribution in [0.2, 0.25) is 0 Å². The molecule has 2 aromatic rings. The molecule has 0 spiro atoms. The van der Waals surface area contributed by atoms with Crippen molar-refractivity contribution in [2.75, 3.05) is 7.11 Å². The van der Waals surface area contributed by atoms with Gasteiger partial charge in [0.2, 0.25) is 5.91 Å². The third-order valence-electron chi connectivity index (χ3n) is 3.24. The number of esters is 1. The molecule has 1 heterocycles. The van der Waals surface area contributed by atoms with E-state index in [9.17, 15) is 14.4 Å². The third-order valence-corrected chi connectivity index (χ3v) is 4.15. The molecule has 6 heteroatoms. The fourth-order valence-electron chi connectivity index (χ4n) is 1.95. The molecule has 5 nitrogen and oxygen atoms in total. The smallest absolute Gasteiger partial charge is 0.337 e. The van der Waals surface area contributed by atoms with Crippen molar-refractivity contribution >= 4 is 29.0 Å². The largest absolute Gasteiger partial charge is 0.465 e. The molecule has 0 aliphatic rings. The van der Waals surface area contributed by atoms with E-state index in [0.29, 0.717) is 17.0 Å². The Hall–Kier alpha value is -2.47. The molecule has 0 fully saturated rings. The molecule has 0 aliphatic carbocycles. The summed E-state index contributed by atoms with van der Waals surface area (Å²) in [4.78, 5) is 35.6. The highest BCUT2D eigenvalue weighted by atomic mass is 32.1. The summed E-state index contributed by atoms with van der Waals surface area (Å²) in [6.07, 6.45) is 0.366. The number of carbonyl (C=O) groups excluding carboxylic acids is 3.